The summed E-state index contributed by atoms with van der Waals surface area (Å²) in [5.41, 5.74) is 6.13. The second-order valence-corrected chi connectivity index (χ2v) is 6.06. The lowest BCUT2D eigenvalue weighted by Gasteiger charge is -2.11. The zero-order valence-corrected chi connectivity index (χ0v) is 12.8. The maximum atomic E-state index is 4.73. The smallest absolute Gasteiger partial charge is 0.188 e. The van der Waals surface area contributed by atoms with Gasteiger partial charge in [0.25, 0.3) is 0 Å². The van der Waals surface area contributed by atoms with Gasteiger partial charge in [-0.25, -0.2) is 4.98 Å². The van der Waals surface area contributed by atoms with E-state index in [1.54, 1.807) is 11.3 Å². The molecule has 0 spiro atoms. The third-order valence-corrected chi connectivity index (χ3v) is 4.53. The summed E-state index contributed by atoms with van der Waals surface area (Å²) in [5, 5.41) is 4.49. The number of hydrogen-bond donors (Lipinski definition) is 1. The Kier molecular flexibility index (Phi) is 3.45. The average Bonchev–Trinajstić information content (AvgIpc) is 2.85. The van der Waals surface area contributed by atoms with Gasteiger partial charge in [0.05, 0.1) is 10.2 Å². The molecule has 3 aromatic rings. The van der Waals surface area contributed by atoms with Crippen molar-refractivity contribution < 1.29 is 0 Å². The molecule has 1 N–H and O–H groups in total. The summed E-state index contributed by atoms with van der Waals surface area (Å²) in [5.74, 6) is 0. The molecule has 2 nitrogen and oxygen atoms in total. The molecule has 20 heavy (non-hydrogen) atoms. The number of aryl methyl sites for hydroxylation is 3. The quantitative estimate of drug-likeness (QED) is 0.712. The number of fused-ring (bicyclic) bond motifs is 1. The van der Waals surface area contributed by atoms with Crippen molar-refractivity contribution in [3.8, 4) is 0 Å². The highest BCUT2D eigenvalue weighted by Gasteiger charge is 2.09. The minimum Gasteiger partial charge on any atom is -0.331 e. The molecule has 3 heteroatoms. The van der Waals surface area contributed by atoms with Crippen molar-refractivity contribution in [2.45, 2.75) is 27.2 Å². The van der Waals surface area contributed by atoms with E-state index in [1.165, 1.54) is 27.1 Å². The van der Waals surface area contributed by atoms with Crippen molar-refractivity contribution in [3.63, 3.8) is 0 Å². The van der Waals surface area contributed by atoms with Crippen LogP contribution in [0.5, 0.6) is 0 Å². The van der Waals surface area contributed by atoms with Gasteiger partial charge in [-0.3, -0.25) is 0 Å². The van der Waals surface area contributed by atoms with Crippen LogP contribution in [-0.4, -0.2) is 4.98 Å². The standard InChI is InChI=1S/C17H18N2S/c1-4-13-9-5-7-11(2)15(13)18-17-19-16-12(3)8-6-10-14(16)20-17/h5-10H,4H2,1-3H3,(H,18,19). The molecule has 0 amide bonds. The van der Waals surface area contributed by atoms with Crippen LogP contribution < -0.4 is 5.32 Å². The molecule has 3 rings (SSSR count). The van der Waals surface area contributed by atoms with Gasteiger partial charge in [-0.15, -0.1) is 0 Å². The Morgan fingerprint density at radius 2 is 1.80 bits per heavy atom. The summed E-state index contributed by atoms with van der Waals surface area (Å²) in [7, 11) is 0. The maximum Gasteiger partial charge on any atom is 0.188 e. The maximum absolute atomic E-state index is 4.73. The summed E-state index contributed by atoms with van der Waals surface area (Å²) in [6.07, 6.45) is 1.02. The molecule has 2 aromatic carbocycles. The topological polar surface area (TPSA) is 24.9 Å². The van der Waals surface area contributed by atoms with E-state index in [2.05, 4.69) is 62.5 Å². The van der Waals surface area contributed by atoms with Crippen LogP contribution in [-0.2, 0) is 6.42 Å². The monoisotopic (exact) mass is 282 g/mol. The lowest BCUT2D eigenvalue weighted by Crippen LogP contribution is -1.97. The number of thiazole rings is 1. The van der Waals surface area contributed by atoms with E-state index >= 15 is 0 Å². The first-order valence-corrected chi connectivity index (χ1v) is 7.72. The van der Waals surface area contributed by atoms with Crippen LogP contribution in [0, 0.1) is 13.8 Å². The minimum atomic E-state index is 0.971. The molecule has 0 atom stereocenters. The van der Waals surface area contributed by atoms with Crippen LogP contribution in [0.25, 0.3) is 10.2 Å². The van der Waals surface area contributed by atoms with Gasteiger partial charge in [-0.05, 0) is 43.0 Å². The Hall–Kier alpha value is -1.87. The van der Waals surface area contributed by atoms with Crippen LogP contribution in [0.2, 0.25) is 0 Å². The first-order valence-electron chi connectivity index (χ1n) is 6.90. The first kappa shape index (κ1) is 13.1. The third-order valence-electron chi connectivity index (χ3n) is 3.59. The molecule has 0 saturated carbocycles. The van der Waals surface area contributed by atoms with Gasteiger partial charge in [0.1, 0.15) is 0 Å². The van der Waals surface area contributed by atoms with E-state index in [-0.39, 0.29) is 0 Å². The van der Waals surface area contributed by atoms with Gasteiger partial charge in [0.2, 0.25) is 0 Å². The molecule has 0 aliphatic carbocycles. The van der Waals surface area contributed by atoms with E-state index in [0.29, 0.717) is 0 Å². The zero-order valence-electron chi connectivity index (χ0n) is 12.0. The fourth-order valence-electron chi connectivity index (χ4n) is 2.45. The average molecular weight is 282 g/mol. The summed E-state index contributed by atoms with van der Waals surface area (Å²) < 4.78 is 1.24. The Bertz CT molecular complexity index is 759. The summed E-state index contributed by atoms with van der Waals surface area (Å²) in [6, 6.07) is 12.8. The van der Waals surface area contributed by atoms with Crippen molar-refractivity contribution in [2.24, 2.45) is 0 Å². The Labute approximate surface area is 123 Å². The SMILES string of the molecule is CCc1cccc(C)c1Nc1nc2c(C)cccc2s1. The number of rotatable bonds is 3. The molecular weight excluding hydrogens is 264 g/mol. The molecular formula is C17H18N2S. The number of para-hydroxylation sites is 2. The van der Waals surface area contributed by atoms with Crippen molar-refractivity contribution in [2.75, 3.05) is 5.32 Å². The highest BCUT2D eigenvalue weighted by molar-refractivity contribution is 7.22. The number of aromatic nitrogens is 1. The molecule has 0 fully saturated rings. The summed E-state index contributed by atoms with van der Waals surface area (Å²) in [6.45, 7) is 6.43. The van der Waals surface area contributed by atoms with Gasteiger partial charge < -0.3 is 5.32 Å². The van der Waals surface area contributed by atoms with Crippen LogP contribution >= 0.6 is 11.3 Å². The van der Waals surface area contributed by atoms with E-state index in [4.69, 9.17) is 4.98 Å². The van der Waals surface area contributed by atoms with Crippen molar-refractivity contribution in [1.29, 1.82) is 0 Å². The van der Waals surface area contributed by atoms with Gasteiger partial charge >= 0.3 is 0 Å². The van der Waals surface area contributed by atoms with Gasteiger partial charge in [0, 0.05) is 5.69 Å². The number of nitrogens with zero attached hydrogens (tertiary/aromatic N) is 1. The molecule has 102 valence electrons. The highest BCUT2D eigenvalue weighted by atomic mass is 32.1. The van der Waals surface area contributed by atoms with Crippen molar-refractivity contribution in [1.82, 2.24) is 4.98 Å². The Morgan fingerprint density at radius 3 is 2.55 bits per heavy atom. The van der Waals surface area contributed by atoms with E-state index in [0.717, 1.165) is 17.1 Å². The van der Waals surface area contributed by atoms with Crippen LogP contribution in [0.15, 0.2) is 36.4 Å². The first-order chi connectivity index (χ1) is 9.69. The predicted molar refractivity (Wildman–Crippen MR) is 88.2 cm³/mol. The second kappa shape index (κ2) is 5.25. The fourth-order valence-corrected chi connectivity index (χ4v) is 3.40. The second-order valence-electron chi connectivity index (χ2n) is 5.03. The van der Waals surface area contributed by atoms with E-state index in [9.17, 15) is 0 Å². The lowest BCUT2D eigenvalue weighted by atomic mass is 10.1. The molecule has 1 aromatic heterocycles. The molecule has 1 heterocycles. The number of benzene rings is 2. The van der Waals surface area contributed by atoms with Crippen molar-refractivity contribution >= 4 is 32.4 Å². The van der Waals surface area contributed by atoms with Gasteiger partial charge in [-0.2, -0.15) is 0 Å². The number of nitrogens with one attached hydrogen (secondary N) is 1. The fraction of sp³-hybridized carbons (Fsp3) is 0.235. The van der Waals surface area contributed by atoms with Gasteiger partial charge in [0.15, 0.2) is 5.13 Å². The number of hydrogen-bond acceptors (Lipinski definition) is 3. The Morgan fingerprint density at radius 1 is 1.05 bits per heavy atom. The van der Waals surface area contributed by atoms with Crippen LogP contribution in [0.4, 0.5) is 10.8 Å². The summed E-state index contributed by atoms with van der Waals surface area (Å²) >= 11 is 1.71. The van der Waals surface area contributed by atoms with Gasteiger partial charge in [-0.1, -0.05) is 48.6 Å². The van der Waals surface area contributed by atoms with Crippen LogP contribution in [0.1, 0.15) is 23.6 Å². The zero-order chi connectivity index (χ0) is 14.1. The predicted octanol–water partition coefficient (Wildman–Crippen LogP) is 5.22. The van der Waals surface area contributed by atoms with Crippen molar-refractivity contribution in [3.05, 3.63) is 53.1 Å². The van der Waals surface area contributed by atoms with E-state index < -0.39 is 0 Å². The molecule has 0 radical (unpaired) electrons. The molecule has 0 bridgehead atoms. The highest BCUT2D eigenvalue weighted by Crippen LogP contribution is 2.32. The molecule has 0 aliphatic rings. The molecule has 0 saturated heterocycles. The molecule has 0 aliphatic heterocycles. The van der Waals surface area contributed by atoms with Crippen LogP contribution in [0.3, 0.4) is 0 Å². The third kappa shape index (κ3) is 2.29. The largest absolute Gasteiger partial charge is 0.331 e. The summed E-state index contributed by atoms with van der Waals surface area (Å²) in [4.78, 5) is 4.73. The number of anilines is 2. The Balaban J connectivity index is 2.03. The molecule has 0 unspecified atom stereocenters. The lowest BCUT2D eigenvalue weighted by molar-refractivity contribution is 1.13. The normalized spacial score (nSPS) is 10.9. The minimum absolute atomic E-state index is 0.971. The van der Waals surface area contributed by atoms with E-state index in [1.807, 2.05) is 0 Å².